The number of rotatable bonds is 7. The Morgan fingerprint density at radius 2 is 1.66 bits per heavy atom. The van der Waals surface area contributed by atoms with E-state index in [4.69, 9.17) is 8.92 Å². The maximum Gasteiger partial charge on any atom is 0.339 e. The van der Waals surface area contributed by atoms with E-state index in [1.807, 2.05) is 49.4 Å². The first-order chi connectivity index (χ1) is 18.2. The molecule has 1 aliphatic rings. The Kier molecular flexibility index (Phi) is 6.96. The molecule has 0 spiro atoms. The average Bonchev–Trinajstić information content (AvgIpc) is 3.16. The van der Waals surface area contributed by atoms with E-state index in [9.17, 15) is 18.0 Å². The number of aryl methyl sites for hydroxylation is 1. The van der Waals surface area contributed by atoms with Gasteiger partial charge < -0.3 is 8.92 Å². The zero-order chi connectivity index (χ0) is 26.9. The summed E-state index contributed by atoms with van der Waals surface area (Å²) in [6.07, 6.45) is 1.58. The van der Waals surface area contributed by atoms with E-state index in [1.165, 1.54) is 24.1 Å². The Bertz CT molecular complexity index is 1710. The minimum Gasteiger partial charge on any atom is -0.493 e. The third-order valence-corrected chi connectivity index (χ3v) is 8.20. The molecule has 2 amide bonds. The van der Waals surface area contributed by atoms with Crippen molar-refractivity contribution in [2.24, 2.45) is 0 Å². The fraction of sp³-hybridized carbons (Fsp3) is 0.103. The third-order valence-electron chi connectivity index (χ3n) is 6.00. The number of hydrogen-bond acceptors (Lipinski definition) is 7. The predicted octanol–water partition coefficient (Wildman–Crippen LogP) is 6.16. The van der Waals surface area contributed by atoms with E-state index in [0.29, 0.717) is 10.9 Å². The van der Waals surface area contributed by atoms with Crippen LogP contribution < -0.4 is 8.92 Å². The highest BCUT2D eigenvalue weighted by molar-refractivity contribution is 8.18. The van der Waals surface area contributed by atoms with Crippen molar-refractivity contribution in [3.05, 3.63) is 107 Å². The molecule has 1 heterocycles. The Hall–Kier alpha value is -4.08. The summed E-state index contributed by atoms with van der Waals surface area (Å²) in [6.45, 7) is 2.14. The lowest BCUT2D eigenvalue weighted by Gasteiger charge is -2.13. The highest BCUT2D eigenvalue weighted by atomic mass is 32.2. The number of methoxy groups -OCH3 is 1. The molecule has 192 valence electrons. The van der Waals surface area contributed by atoms with E-state index in [-0.39, 0.29) is 39.0 Å². The lowest BCUT2D eigenvalue weighted by molar-refractivity contribution is -0.123. The van der Waals surface area contributed by atoms with Crippen LogP contribution in [0.3, 0.4) is 0 Å². The van der Waals surface area contributed by atoms with Gasteiger partial charge in [-0.3, -0.25) is 14.5 Å². The van der Waals surface area contributed by atoms with E-state index >= 15 is 0 Å². The highest BCUT2D eigenvalue weighted by Gasteiger charge is 2.35. The number of carbonyl (C=O) groups is 2. The second-order valence-corrected chi connectivity index (χ2v) is 11.2. The quantitative estimate of drug-likeness (QED) is 0.203. The largest absolute Gasteiger partial charge is 0.493 e. The molecule has 38 heavy (non-hydrogen) atoms. The molecule has 7 nitrogen and oxygen atoms in total. The molecule has 1 aliphatic heterocycles. The number of carbonyl (C=O) groups excluding carboxylic acids is 2. The normalized spacial score (nSPS) is 14.9. The molecule has 0 atom stereocenters. The van der Waals surface area contributed by atoms with Crippen LogP contribution in [-0.4, -0.2) is 31.6 Å². The van der Waals surface area contributed by atoms with Gasteiger partial charge in [-0.1, -0.05) is 72.3 Å². The van der Waals surface area contributed by atoms with Crippen molar-refractivity contribution in [2.45, 2.75) is 18.4 Å². The minimum atomic E-state index is -4.17. The number of thioether (sulfide) groups is 1. The molecular weight excluding hydrogens is 522 g/mol. The maximum absolute atomic E-state index is 13.2. The first-order valence-corrected chi connectivity index (χ1v) is 13.9. The predicted molar refractivity (Wildman–Crippen MR) is 147 cm³/mol. The van der Waals surface area contributed by atoms with E-state index < -0.39 is 10.1 Å². The molecule has 0 aliphatic carbocycles. The van der Waals surface area contributed by atoms with Crippen molar-refractivity contribution in [3.8, 4) is 11.5 Å². The van der Waals surface area contributed by atoms with Gasteiger partial charge in [-0.2, -0.15) is 8.42 Å². The smallest absolute Gasteiger partial charge is 0.339 e. The lowest BCUT2D eigenvalue weighted by Crippen LogP contribution is -2.27. The molecule has 1 fully saturated rings. The second kappa shape index (κ2) is 10.4. The van der Waals surface area contributed by atoms with Crippen LogP contribution >= 0.6 is 11.8 Å². The van der Waals surface area contributed by atoms with Gasteiger partial charge in [-0.25, -0.2) is 0 Å². The van der Waals surface area contributed by atoms with Gasteiger partial charge in [0.05, 0.1) is 18.6 Å². The van der Waals surface area contributed by atoms with E-state index in [0.717, 1.165) is 28.3 Å². The van der Waals surface area contributed by atoms with Gasteiger partial charge in [0.15, 0.2) is 11.5 Å². The summed E-state index contributed by atoms with van der Waals surface area (Å²) in [6, 6.07) is 24.4. The number of amides is 2. The van der Waals surface area contributed by atoms with Gasteiger partial charge in [-0.15, -0.1) is 0 Å². The van der Waals surface area contributed by atoms with Crippen molar-refractivity contribution < 1.29 is 26.9 Å². The van der Waals surface area contributed by atoms with Crippen molar-refractivity contribution >= 4 is 49.9 Å². The fourth-order valence-corrected chi connectivity index (χ4v) is 6.20. The van der Waals surface area contributed by atoms with Crippen LogP contribution in [0.15, 0.2) is 94.7 Å². The van der Waals surface area contributed by atoms with Crippen molar-refractivity contribution in [1.82, 2.24) is 4.90 Å². The molecule has 0 aromatic heterocycles. The van der Waals surface area contributed by atoms with Gasteiger partial charge in [0.1, 0.15) is 4.90 Å². The Balaban J connectivity index is 1.39. The topological polar surface area (TPSA) is 90.0 Å². The average molecular weight is 546 g/mol. The van der Waals surface area contributed by atoms with Crippen molar-refractivity contribution in [1.29, 1.82) is 0 Å². The van der Waals surface area contributed by atoms with Crippen LogP contribution in [-0.2, 0) is 21.5 Å². The molecular formula is C29H23NO6S2. The van der Waals surface area contributed by atoms with Crippen LogP contribution in [0, 0.1) is 6.92 Å². The fourth-order valence-electron chi connectivity index (χ4n) is 4.20. The van der Waals surface area contributed by atoms with Crippen LogP contribution in [0.5, 0.6) is 11.5 Å². The number of benzene rings is 4. The first-order valence-electron chi connectivity index (χ1n) is 11.7. The van der Waals surface area contributed by atoms with Crippen LogP contribution in [0.4, 0.5) is 4.79 Å². The molecule has 0 saturated carbocycles. The molecule has 0 radical (unpaired) electrons. The summed E-state index contributed by atoms with van der Waals surface area (Å²) < 4.78 is 37.2. The Morgan fingerprint density at radius 1 is 0.895 bits per heavy atom. The Labute approximate surface area is 224 Å². The van der Waals surface area contributed by atoms with Gasteiger partial charge in [0.25, 0.3) is 11.1 Å². The standard InChI is InChI=1S/C29H23NO6S2/c1-19-7-5-8-21(15-19)18-30-28(31)26(37-29(30)32)17-20-13-14-24(25(16-20)35-2)36-38(33,34)27-12-6-10-22-9-3-4-11-23(22)27/h3-17H,18H2,1-2H3/b26-17-. The van der Waals surface area contributed by atoms with Gasteiger partial charge in [0.2, 0.25) is 0 Å². The molecule has 1 saturated heterocycles. The summed E-state index contributed by atoms with van der Waals surface area (Å²) >= 11 is 0.857. The third kappa shape index (κ3) is 5.16. The number of fused-ring (bicyclic) bond motifs is 1. The monoisotopic (exact) mass is 545 g/mol. The molecule has 0 unspecified atom stereocenters. The number of hydrogen-bond donors (Lipinski definition) is 0. The molecule has 4 aromatic rings. The molecule has 0 bridgehead atoms. The Morgan fingerprint density at radius 3 is 2.45 bits per heavy atom. The highest BCUT2D eigenvalue weighted by Crippen LogP contribution is 2.36. The molecule has 5 rings (SSSR count). The van der Waals surface area contributed by atoms with Crippen LogP contribution in [0.1, 0.15) is 16.7 Å². The summed E-state index contributed by atoms with van der Waals surface area (Å²) in [5.74, 6) is -0.217. The summed E-state index contributed by atoms with van der Waals surface area (Å²) in [5.41, 5.74) is 2.46. The molecule has 9 heteroatoms. The zero-order valence-corrected chi connectivity index (χ0v) is 22.2. The van der Waals surface area contributed by atoms with E-state index in [1.54, 1.807) is 36.4 Å². The van der Waals surface area contributed by atoms with Gasteiger partial charge in [-0.05, 0) is 59.5 Å². The summed E-state index contributed by atoms with van der Waals surface area (Å²) in [7, 11) is -2.77. The van der Waals surface area contributed by atoms with Crippen LogP contribution in [0.25, 0.3) is 16.8 Å². The second-order valence-electron chi connectivity index (χ2n) is 8.68. The number of imide groups is 1. The van der Waals surface area contributed by atoms with Gasteiger partial charge in [0, 0.05) is 5.39 Å². The van der Waals surface area contributed by atoms with Crippen molar-refractivity contribution in [3.63, 3.8) is 0 Å². The summed E-state index contributed by atoms with van der Waals surface area (Å²) in [5, 5.41) is 0.971. The minimum absolute atomic E-state index is 0.00476. The van der Waals surface area contributed by atoms with Crippen LogP contribution in [0.2, 0.25) is 0 Å². The van der Waals surface area contributed by atoms with Gasteiger partial charge >= 0.3 is 10.1 Å². The maximum atomic E-state index is 13.2. The zero-order valence-electron chi connectivity index (χ0n) is 20.6. The SMILES string of the molecule is COc1cc(/C=C2\SC(=O)N(Cc3cccc(C)c3)C2=O)ccc1OS(=O)(=O)c1cccc2ccccc12. The first kappa shape index (κ1) is 25.6. The molecule has 0 N–H and O–H groups in total. The lowest BCUT2D eigenvalue weighted by atomic mass is 10.1. The van der Waals surface area contributed by atoms with E-state index in [2.05, 4.69) is 0 Å². The summed E-state index contributed by atoms with van der Waals surface area (Å²) in [4.78, 5) is 27.0. The number of nitrogens with zero attached hydrogens (tertiary/aromatic N) is 1. The van der Waals surface area contributed by atoms with Crippen molar-refractivity contribution in [2.75, 3.05) is 7.11 Å². The number of ether oxygens (including phenoxy) is 1. The molecule has 4 aromatic carbocycles.